The van der Waals surface area contributed by atoms with E-state index in [1.54, 1.807) is 4.90 Å². The van der Waals surface area contributed by atoms with Gasteiger partial charge in [0.05, 0.1) is 16.6 Å². The van der Waals surface area contributed by atoms with E-state index in [4.69, 9.17) is 25.8 Å². The van der Waals surface area contributed by atoms with Crippen LogP contribution in [-0.2, 0) is 16.8 Å². The fourth-order valence-electron chi connectivity index (χ4n) is 6.90. The Morgan fingerprint density at radius 1 is 1.17 bits per heavy atom. The van der Waals surface area contributed by atoms with E-state index < -0.39 is 35.0 Å². The van der Waals surface area contributed by atoms with Crippen molar-refractivity contribution in [2.45, 2.75) is 75.7 Å². The highest BCUT2D eigenvalue weighted by Gasteiger charge is 2.55. The molecule has 2 unspecified atom stereocenters. The molecule has 42 heavy (non-hydrogen) atoms. The van der Waals surface area contributed by atoms with Gasteiger partial charge in [0.1, 0.15) is 40.9 Å². The first kappa shape index (κ1) is 27.0. The maximum absolute atomic E-state index is 16.4. The maximum atomic E-state index is 16.4. The third kappa shape index (κ3) is 4.04. The van der Waals surface area contributed by atoms with Gasteiger partial charge in [-0.25, -0.2) is 13.6 Å². The van der Waals surface area contributed by atoms with Crippen molar-refractivity contribution in [3.63, 3.8) is 0 Å². The number of halogens is 3. The first-order chi connectivity index (χ1) is 20.0. The average Bonchev–Trinajstić information content (AvgIpc) is 3.29. The normalized spacial score (nSPS) is 25.2. The number of hydrogen-bond donors (Lipinski definition) is 0. The molecule has 1 saturated carbocycles. The molecule has 1 aliphatic carbocycles. The largest absolute Gasteiger partial charge is 0.489 e. The van der Waals surface area contributed by atoms with Crippen molar-refractivity contribution in [2.24, 2.45) is 0 Å². The van der Waals surface area contributed by atoms with E-state index in [0.717, 1.165) is 12.0 Å². The number of nitrogens with zero attached hydrogens (tertiary/aromatic N) is 2. The predicted molar refractivity (Wildman–Crippen MR) is 152 cm³/mol. The molecule has 1 amide bonds. The molecule has 0 aromatic heterocycles. The summed E-state index contributed by atoms with van der Waals surface area (Å²) in [6.07, 6.45) is 1.66. The summed E-state index contributed by atoms with van der Waals surface area (Å²) in [5, 5.41) is 9.79. The van der Waals surface area contributed by atoms with Gasteiger partial charge >= 0.3 is 6.09 Å². The zero-order valence-corrected chi connectivity index (χ0v) is 24.2. The fraction of sp³-hybridized carbons (Fsp3) is 0.394. The minimum Gasteiger partial charge on any atom is -0.489 e. The number of hydrogen-bond acceptors (Lipinski definition) is 5. The third-order valence-electron chi connectivity index (χ3n) is 8.72. The molecule has 0 N–H and O–H groups in total. The molecular formula is C33H29ClF2N2O4. The van der Waals surface area contributed by atoms with Gasteiger partial charge in [0.25, 0.3) is 0 Å². The Bertz CT molecular complexity index is 1680. The van der Waals surface area contributed by atoms with Gasteiger partial charge in [-0.05, 0) is 51.7 Å². The number of nitriles is 1. The van der Waals surface area contributed by atoms with E-state index in [1.165, 1.54) is 12.1 Å². The van der Waals surface area contributed by atoms with Crippen molar-refractivity contribution in [3.05, 3.63) is 81.4 Å². The number of carbonyl (C=O) groups excluding carboxylic acids is 1. The molecule has 2 fully saturated rings. The standard InChI is InChI=1S/C33H29ClF2N2O4/c1-32(2,3)42-31(39)38-11-7-10-25(38)33(18-8-5-4-6-9-18)15-20-23(41-33)14-21(35)29(34)28(20)26-17(16-37)12-24-27(30(26)36)19-13-22(19)40-24/h4-6,8-9,12,14,19,22,25H,7,10-11,13,15H2,1-3H3/t19?,22?,25-,33-/m0/s1. The van der Waals surface area contributed by atoms with E-state index in [2.05, 4.69) is 6.07 Å². The molecule has 0 bridgehead atoms. The van der Waals surface area contributed by atoms with Crippen LogP contribution in [0.1, 0.15) is 68.2 Å². The second-order valence-electron chi connectivity index (χ2n) is 12.5. The minimum absolute atomic E-state index is 0.00992. The molecule has 0 spiro atoms. The summed E-state index contributed by atoms with van der Waals surface area (Å²) in [5.41, 5.74) is -0.0808. The summed E-state index contributed by atoms with van der Waals surface area (Å²) in [4.78, 5) is 15.1. The molecule has 7 rings (SSSR count). The van der Waals surface area contributed by atoms with Crippen molar-refractivity contribution in [1.29, 1.82) is 5.26 Å². The van der Waals surface area contributed by atoms with Crippen LogP contribution in [0.4, 0.5) is 13.6 Å². The van der Waals surface area contributed by atoms with Crippen LogP contribution in [0.15, 0.2) is 42.5 Å². The number of carbonyl (C=O) groups is 1. The predicted octanol–water partition coefficient (Wildman–Crippen LogP) is 7.64. The molecule has 3 aromatic rings. The van der Waals surface area contributed by atoms with E-state index >= 15 is 8.78 Å². The SMILES string of the molecule is CC(C)(C)OC(=O)N1CCC[C@H]1[C@@]1(c2ccccc2)Cc2c(cc(F)c(Cl)c2-c2c(C#N)cc3c(c2F)C2CC2O3)O1. The van der Waals surface area contributed by atoms with Crippen LogP contribution in [0.25, 0.3) is 11.1 Å². The monoisotopic (exact) mass is 590 g/mol. The van der Waals surface area contributed by atoms with Crippen LogP contribution in [0, 0.1) is 23.0 Å². The summed E-state index contributed by atoms with van der Waals surface area (Å²) in [6, 6.07) is 13.8. The quantitative estimate of drug-likeness (QED) is 0.313. The van der Waals surface area contributed by atoms with Crippen molar-refractivity contribution < 1.29 is 27.8 Å². The topological polar surface area (TPSA) is 71.8 Å². The second-order valence-corrected chi connectivity index (χ2v) is 12.9. The second kappa shape index (κ2) is 9.34. The molecule has 216 valence electrons. The van der Waals surface area contributed by atoms with Gasteiger partial charge in [-0.2, -0.15) is 5.26 Å². The molecular weight excluding hydrogens is 562 g/mol. The van der Waals surface area contributed by atoms with E-state index in [1.807, 2.05) is 51.1 Å². The lowest BCUT2D eigenvalue weighted by molar-refractivity contribution is -0.0216. The lowest BCUT2D eigenvalue weighted by Crippen LogP contribution is -2.53. The summed E-state index contributed by atoms with van der Waals surface area (Å²) < 4.78 is 50.2. The first-order valence-corrected chi connectivity index (χ1v) is 14.6. The number of likely N-dealkylation sites (tertiary alicyclic amines) is 1. The Morgan fingerprint density at radius 3 is 2.64 bits per heavy atom. The Morgan fingerprint density at radius 2 is 1.93 bits per heavy atom. The van der Waals surface area contributed by atoms with Gasteiger partial charge in [0, 0.05) is 47.2 Å². The summed E-state index contributed by atoms with van der Waals surface area (Å²) in [5.74, 6) is -0.929. The summed E-state index contributed by atoms with van der Waals surface area (Å²) in [6.45, 7) is 5.91. The molecule has 1 saturated heterocycles. The van der Waals surface area contributed by atoms with E-state index in [0.29, 0.717) is 36.3 Å². The van der Waals surface area contributed by atoms with Crippen molar-refractivity contribution in [1.82, 2.24) is 4.90 Å². The Hall–Kier alpha value is -3.83. The van der Waals surface area contributed by atoms with Crippen LogP contribution in [-0.4, -0.2) is 35.3 Å². The van der Waals surface area contributed by atoms with Crippen molar-refractivity contribution in [3.8, 4) is 28.7 Å². The average molecular weight is 591 g/mol. The summed E-state index contributed by atoms with van der Waals surface area (Å²) >= 11 is 6.64. The summed E-state index contributed by atoms with van der Waals surface area (Å²) in [7, 11) is 0. The highest BCUT2D eigenvalue weighted by Crippen LogP contribution is 2.58. The number of rotatable bonds is 3. The van der Waals surface area contributed by atoms with Crippen LogP contribution in [0.3, 0.4) is 0 Å². The molecule has 4 atom stereocenters. The molecule has 3 aliphatic heterocycles. The molecule has 9 heteroatoms. The van der Waals surface area contributed by atoms with Gasteiger partial charge in [-0.3, -0.25) is 0 Å². The van der Waals surface area contributed by atoms with Crippen LogP contribution < -0.4 is 9.47 Å². The fourth-order valence-corrected chi connectivity index (χ4v) is 7.16. The smallest absolute Gasteiger partial charge is 0.410 e. The number of ether oxygens (including phenoxy) is 3. The number of benzene rings is 3. The zero-order valence-electron chi connectivity index (χ0n) is 23.5. The number of fused-ring (bicyclic) bond motifs is 4. The van der Waals surface area contributed by atoms with Gasteiger partial charge < -0.3 is 19.1 Å². The molecule has 4 aliphatic rings. The highest BCUT2D eigenvalue weighted by atomic mass is 35.5. The van der Waals surface area contributed by atoms with Gasteiger partial charge in [0.2, 0.25) is 0 Å². The van der Waals surface area contributed by atoms with Crippen LogP contribution >= 0.6 is 11.6 Å². The van der Waals surface area contributed by atoms with E-state index in [-0.39, 0.29) is 45.9 Å². The Balaban J connectivity index is 1.41. The molecule has 0 radical (unpaired) electrons. The molecule has 3 heterocycles. The highest BCUT2D eigenvalue weighted by molar-refractivity contribution is 6.34. The third-order valence-corrected chi connectivity index (χ3v) is 9.09. The van der Waals surface area contributed by atoms with E-state index in [9.17, 15) is 10.1 Å². The molecule has 3 aromatic carbocycles. The first-order valence-electron chi connectivity index (χ1n) is 14.2. The van der Waals surface area contributed by atoms with Crippen molar-refractivity contribution in [2.75, 3.05) is 6.54 Å². The van der Waals surface area contributed by atoms with Crippen molar-refractivity contribution >= 4 is 17.7 Å². The van der Waals surface area contributed by atoms with Gasteiger partial charge in [-0.1, -0.05) is 41.9 Å². The maximum Gasteiger partial charge on any atom is 0.410 e. The Kier molecular flexibility index (Phi) is 6.01. The molecule has 6 nitrogen and oxygen atoms in total. The minimum atomic E-state index is -1.13. The zero-order chi connectivity index (χ0) is 29.6. The van der Waals surface area contributed by atoms with Gasteiger partial charge in [-0.15, -0.1) is 0 Å². The van der Waals surface area contributed by atoms with Gasteiger partial charge in [0.15, 0.2) is 5.60 Å². The lowest BCUT2D eigenvalue weighted by atomic mass is 9.79. The lowest BCUT2D eigenvalue weighted by Gasteiger charge is -2.40. The van der Waals surface area contributed by atoms with Crippen LogP contribution in [0.2, 0.25) is 5.02 Å². The Labute approximate surface area is 247 Å². The number of amides is 1. The van der Waals surface area contributed by atoms with Crippen LogP contribution in [0.5, 0.6) is 11.5 Å².